The van der Waals surface area contributed by atoms with Crippen molar-refractivity contribution in [2.24, 2.45) is 11.8 Å². The van der Waals surface area contributed by atoms with Crippen molar-refractivity contribution in [3.05, 3.63) is 35.4 Å². The highest BCUT2D eigenvalue weighted by atomic mass is 16.2. The van der Waals surface area contributed by atoms with E-state index in [4.69, 9.17) is 5.26 Å². The molecule has 3 heteroatoms. The average molecular weight is 268 g/mol. The van der Waals surface area contributed by atoms with Gasteiger partial charge in [-0.3, -0.25) is 4.79 Å². The SMILES string of the molecule is N#Cc1cccc(C(=O)N2CC[C@H]3CCCC[C@H]3C2)c1. The molecule has 1 saturated heterocycles. The summed E-state index contributed by atoms with van der Waals surface area (Å²) in [5.41, 5.74) is 1.21. The largest absolute Gasteiger partial charge is 0.338 e. The van der Waals surface area contributed by atoms with Crippen LogP contribution in [0, 0.1) is 23.2 Å². The van der Waals surface area contributed by atoms with Gasteiger partial charge in [-0.05, 0) is 42.9 Å². The molecule has 1 amide bonds. The summed E-state index contributed by atoms with van der Waals surface area (Å²) in [6, 6.07) is 9.15. The van der Waals surface area contributed by atoms with Crippen LogP contribution in [0.5, 0.6) is 0 Å². The van der Waals surface area contributed by atoms with Gasteiger partial charge in [0.2, 0.25) is 0 Å². The lowest BCUT2D eigenvalue weighted by Crippen LogP contribution is -2.44. The molecule has 1 aliphatic heterocycles. The first-order chi connectivity index (χ1) is 9.78. The Hall–Kier alpha value is -1.82. The normalized spacial score (nSPS) is 25.6. The average Bonchev–Trinajstić information content (AvgIpc) is 2.53. The molecule has 2 atom stereocenters. The van der Waals surface area contributed by atoms with E-state index in [-0.39, 0.29) is 5.91 Å². The molecule has 1 aromatic rings. The second-order valence-corrected chi connectivity index (χ2v) is 6.04. The van der Waals surface area contributed by atoms with Crippen molar-refractivity contribution < 1.29 is 4.79 Å². The molecule has 2 fully saturated rings. The van der Waals surface area contributed by atoms with Crippen molar-refractivity contribution in [2.75, 3.05) is 13.1 Å². The summed E-state index contributed by atoms with van der Waals surface area (Å²) in [5.74, 6) is 1.62. The summed E-state index contributed by atoms with van der Waals surface area (Å²) in [6.45, 7) is 1.77. The molecule has 104 valence electrons. The lowest BCUT2D eigenvalue weighted by Gasteiger charge is -2.41. The number of carbonyl (C=O) groups excluding carboxylic acids is 1. The number of likely N-dealkylation sites (tertiary alicyclic amines) is 1. The van der Waals surface area contributed by atoms with Gasteiger partial charge in [0, 0.05) is 18.7 Å². The monoisotopic (exact) mass is 268 g/mol. The Morgan fingerprint density at radius 2 is 2.00 bits per heavy atom. The lowest BCUT2D eigenvalue weighted by atomic mass is 9.75. The van der Waals surface area contributed by atoms with Gasteiger partial charge in [0.15, 0.2) is 0 Å². The molecule has 0 radical (unpaired) electrons. The van der Waals surface area contributed by atoms with Crippen LogP contribution in [0.25, 0.3) is 0 Å². The fourth-order valence-corrected chi connectivity index (χ4v) is 3.69. The molecule has 0 aromatic heterocycles. The Bertz CT molecular complexity index is 546. The van der Waals surface area contributed by atoms with E-state index < -0.39 is 0 Å². The van der Waals surface area contributed by atoms with E-state index in [1.54, 1.807) is 18.2 Å². The fourth-order valence-electron chi connectivity index (χ4n) is 3.69. The molecule has 1 aromatic carbocycles. The molecule has 0 unspecified atom stereocenters. The second-order valence-electron chi connectivity index (χ2n) is 6.04. The van der Waals surface area contributed by atoms with E-state index in [2.05, 4.69) is 6.07 Å². The van der Waals surface area contributed by atoms with E-state index in [0.717, 1.165) is 25.4 Å². The summed E-state index contributed by atoms with van der Waals surface area (Å²) in [6.07, 6.45) is 6.43. The van der Waals surface area contributed by atoms with Crippen LogP contribution < -0.4 is 0 Å². The molecular weight excluding hydrogens is 248 g/mol. The van der Waals surface area contributed by atoms with Crippen LogP contribution in [-0.4, -0.2) is 23.9 Å². The van der Waals surface area contributed by atoms with Crippen LogP contribution in [0.1, 0.15) is 48.0 Å². The Morgan fingerprint density at radius 1 is 1.20 bits per heavy atom. The van der Waals surface area contributed by atoms with E-state index >= 15 is 0 Å². The van der Waals surface area contributed by atoms with E-state index in [1.807, 2.05) is 11.0 Å². The summed E-state index contributed by atoms with van der Waals surface area (Å²) >= 11 is 0. The van der Waals surface area contributed by atoms with Crippen LogP contribution in [0.2, 0.25) is 0 Å². The van der Waals surface area contributed by atoms with Gasteiger partial charge in [-0.1, -0.05) is 25.3 Å². The number of benzene rings is 1. The highest BCUT2D eigenvalue weighted by molar-refractivity contribution is 5.94. The van der Waals surface area contributed by atoms with Crippen molar-refractivity contribution in [3.63, 3.8) is 0 Å². The van der Waals surface area contributed by atoms with Crippen LogP contribution >= 0.6 is 0 Å². The Labute approximate surface area is 120 Å². The number of fused-ring (bicyclic) bond motifs is 1. The quantitative estimate of drug-likeness (QED) is 0.785. The Kier molecular flexibility index (Phi) is 3.73. The maximum absolute atomic E-state index is 12.6. The molecule has 3 nitrogen and oxygen atoms in total. The number of amides is 1. The first-order valence-corrected chi connectivity index (χ1v) is 7.57. The standard InChI is InChI=1S/C17H20N2O/c18-11-13-4-3-7-15(10-13)17(20)19-9-8-14-5-1-2-6-16(14)12-19/h3-4,7,10,14,16H,1-2,5-6,8-9,12H2/t14-,16+/m1/s1. The predicted octanol–water partition coefficient (Wildman–Crippen LogP) is 3.21. The summed E-state index contributed by atoms with van der Waals surface area (Å²) in [5, 5.41) is 8.93. The van der Waals surface area contributed by atoms with Crippen molar-refractivity contribution >= 4 is 5.91 Å². The predicted molar refractivity (Wildman–Crippen MR) is 77.1 cm³/mol. The first kappa shape index (κ1) is 13.2. The third kappa shape index (κ3) is 2.56. The molecular formula is C17H20N2O. The molecule has 0 spiro atoms. The number of rotatable bonds is 1. The highest BCUT2D eigenvalue weighted by Crippen LogP contribution is 2.36. The number of piperidine rings is 1. The molecule has 1 aliphatic carbocycles. The van der Waals surface area contributed by atoms with Gasteiger partial charge in [0.05, 0.1) is 11.6 Å². The van der Waals surface area contributed by atoms with E-state index in [0.29, 0.717) is 17.0 Å². The number of carbonyl (C=O) groups is 1. The van der Waals surface area contributed by atoms with Gasteiger partial charge in [-0.2, -0.15) is 5.26 Å². The number of hydrogen-bond acceptors (Lipinski definition) is 2. The minimum Gasteiger partial charge on any atom is -0.338 e. The van der Waals surface area contributed by atoms with Gasteiger partial charge in [-0.25, -0.2) is 0 Å². The van der Waals surface area contributed by atoms with Crippen LogP contribution in [0.3, 0.4) is 0 Å². The zero-order valence-electron chi connectivity index (χ0n) is 11.7. The van der Waals surface area contributed by atoms with Crippen molar-refractivity contribution in [3.8, 4) is 6.07 Å². The Balaban J connectivity index is 1.72. The van der Waals surface area contributed by atoms with Crippen LogP contribution in [0.4, 0.5) is 0 Å². The second kappa shape index (κ2) is 5.66. The third-order valence-electron chi connectivity index (χ3n) is 4.82. The van der Waals surface area contributed by atoms with E-state index in [9.17, 15) is 4.79 Å². The number of hydrogen-bond donors (Lipinski definition) is 0. The van der Waals surface area contributed by atoms with Crippen molar-refractivity contribution in [1.82, 2.24) is 4.90 Å². The minimum atomic E-state index is 0.0890. The summed E-state index contributed by atoms with van der Waals surface area (Å²) in [4.78, 5) is 14.5. The van der Waals surface area contributed by atoms with Crippen molar-refractivity contribution in [1.29, 1.82) is 5.26 Å². The first-order valence-electron chi connectivity index (χ1n) is 7.57. The minimum absolute atomic E-state index is 0.0890. The lowest BCUT2D eigenvalue weighted by molar-refractivity contribution is 0.0521. The van der Waals surface area contributed by atoms with Crippen LogP contribution in [-0.2, 0) is 0 Å². The van der Waals surface area contributed by atoms with E-state index in [1.165, 1.54) is 25.7 Å². The molecule has 1 saturated carbocycles. The number of nitrogens with zero attached hydrogens (tertiary/aromatic N) is 2. The number of nitriles is 1. The summed E-state index contributed by atoms with van der Waals surface area (Å²) in [7, 11) is 0. The smallest absolute Gasteiger partial charge is 0.253 e. The molecule has 2 aliphatic rings. The van der Waals surface area contributed by atoms with Gasteiger partial charge in [0.25, 0.3) is 5.91 Å². The maximum atomic E-state index is 12.6. The fraction of sp³-hybridized carbons (Fsp3) is 0.529. The summed E-state index contributed by atoms with van der Waals surface area (Å²) < 4.78 is 0. The zero-order chi connectivity index (χ0) is 13.9. The molecule has 0 N–H and O–H groups in total. The molecule has 3 rings (SSSR count). The van der Waals surface area contributed by atoms with Crippen LogP contribution in [0.15, 0.2) is 24.3 Å². The van der Waals surface area contributed by atoms with Crippen molar-refractivity contribution in [2.45, 2.75) is 32.1 Å². The maximum Gasteiger partial charge on any atom is 0.253 e. The Morgan fingerprint density at radius 3 is 2.80 bits per heavy atom. The molecule has 1 heterocycles. The third-order valence-corrected chi connectivity index (χ3v) is 4.82. The highest BCUT2D eigenvalue weighted by Gasteiger charge is 2.33. The molecule has 20 heavy (non-hydrogen) atoms. The molecule has 0 bridgehead atoms. The zero-order valence-corrected chi connectivity index (χ0v) is 11.7. The van der Waals surface area contributed by atoms with Gasteiger partial charge < -0.3 is 4.90 Å². The topological polar surface area (TPSA) is 44.1 Å². The van der Waals surface area contributed by atoms with Gasteiger partial charge in [0.1, 0.15) is 0 Å². The van der Waals surface area contributed by atoms with Gasteiger partial charge >= 0.3 is 0 Å². The van der Waals surface area contributed by atoms with Gasteiger partial charge in [-0.15, -0.1) is 0 Å².